The van der Waals surface area contributed by atoms with E-state index >= 15 is 0 Å². The standard InChI is InChI=1S/C20H45N3O6/c1-2-3-6-23(7-11-26-15-19-28-17-13-24-9-4-21)8-12-27-16-20-29-18-14-25-10-5-22/h2-22H2,1H3. The van der Waals surface area contributed by atoms with Crippen LogP contribution < -0.4 is 11.5 Å². The van der Waals surface area contributed by atoms with Crippen molar-refractivity contribution in [3.8, 4) is 0 Å². The quantitative estimate of drug-likeness (QED) is 0.198. The zero-order valence-corrected chi connectivity index (χ0v) is 18.5. The maximum atomic E-state index is 5.66. The van der Waals surface area contributed by atoms with Crippen LogP contribution in [0, 0.1) is 0 Å². The Hall–Kier alpha value is -0.360. The van der Waals surface area contributed by atoms with Gasteiger partial charge in [-0.1, -0.05) is 13.3 Å². The fourth-order valence-corrected chi connectivity index (χ4v) is 2.35. The van der Waals surface area contributed by atoms with E-state index in [2.05, 4.69) is 11.8 Å². The van der Waals surface area contributed by atoms with Gasteiger partial charge in [-0.15, -0.1) is 0 Å². The summed E-state index contributed by atoms with van der Waals surface area (Å²) >= 11 is 0. The number of rotatable bonds is 25. The van der Waals surface area contributed by atoms with Crippen molar-refractivity contribution in [1.82, 2.24) is 4.90 Å². The molecule has 0 heterocycles. The molecule has 0 aromatic carbocycles. The third-order valence-corrected chi connectivity index (χ3v) is 3.94. The Kier molecular flexibility index (Phi) is 25.4. The molecule has 9 nitrogen and oxygen atoms in total. The van der Waals surface area contributed by atoms with Crippen LogP contribution in [0.3, 0.4) is 0 Å². The SMILES string of the molecule is CCCCN(CCOCCOCCOCCN)CCOCCOCCOCCN. The molecule has 0 atom stereocenters. The van der Waals surface area contributed by atoms with Crippen LogP contribution in [0.1, 0.15) is 19.8 Å². The topological polar surface area (TPSA) is 111 Å². The second-order valence-electron chi connectivity index (χ2n) is 6.45. The van der Waals surface area contributed by atoms with Crippen molar-refractivity contribution in [1.29, 1.82) is 0 Å². The summed E-state index contributed by atoms with van der Waals surface area (Å²) < 4.78 is 32.7. The third-order valence-electron chi connectivity index (χ3n) is 3.94. The summed E-state index contributed by atoms with van der Waals surface area (Å²) in [6.45, 7) is 13.4. The summed E-state index contributed by atoms with van der Waals surface area (Å²) in [5, 5.41) is 0. The fraction of sp³-hybridized carbons (Fsp3) is 1.00. The molecule has 0 aliphatic rings. The van der Waals surface area contributed by atoms with Crippen molar-refractivity contribution in [2.24, 2.45) is 11.5 Å². The van der Waals surface area contributed by atoms with Gasteiger partial charge in [-0.3, -0.25) is 4.90 Å². The lowest BCUT2D eigenvalue weighted by atomic mass is 10.3. The molecular formula is C20H45N3O6. The predicted molar refractivity (Wildman–Crippen MR) is 114 cm³/mol. The maximum Gasteiger partial charge on any atom is 0.0701 e. The molecule has 176 valence electrons. The molecule has 0 aromatic rings. The second-order valence-corrected chi connectivity index (χ2v) is 6.45. The van der Waals surface area contributed by atoms with E-state index in [0.29, 0.717) is 92.4 Å². The zero-order valence-electron chi connectivity index (χ0n) is 18.5. The van der Waals surface area contributed by atoms with Crippen LogP contribution in [0.25, 0.3) is 0 Å². The number of ether oxygens (including phenoxy) is 6. The van der Waals surface area contributed by atoms with E-state index in [1.165, 1.54) is 12.8 Å². The summed E-state index contributed by atoms with van der Waals surface area (Å²) in [6.07, 6.45) is 2.36. The summed E-state index contributed by atoms with van der Waals surface area (Å²) in [4.78, 5) is 2.38. The van der Waals surface area contributed by atoms with Crippen LogP contribution in [0.5, 0.6) is 0 Å². The summed E-state index contributed by atoms with van der Waals surface area (Å²) in [7, 11) is 0. The predicted octanol–water partition coefficient (Wildman–Crippen LogP) is 0.106. The zero-order chi connectivity index (χ0) is 21.3. The molecule has 0 unspecified atom stereocenters. The first-order chi connectivity index (χ1) is 14.3. The third kappa shape index (κ3) is 23.8. The Labute approximate surface area is 177 Å². The van der Waals surface area contributed by atoms with E-state index in [9.17, 15) is 0 Å². The van der Waals surface area contributed by atoms with E-state index in [1.807, 2.05) is 0 Å². The highest BCUT2D eigenvalue weighted by Gasteiger charge is 2.04. The average molecular weight is 424 g/mol. The van der Waals surface area contributed by atoms with E-state index in [4.69, 9.17) is 39.9 Å². The van der Waals surface area contributed by atoms with Crippen LogP contribution in [-0.4, -0.2) is 117 Å². The minimum absolute atomic E-state index is 0.543. The van der Waals surface area contributed by atoms with Crippen LogP contribution >= 0.6 is 0 Å². The molecule has 0 saturated carbocycles. The lowest BCUT2D eigenvalue weighted by molar-refractivity contribution is 0.00341. The van der Waals surface area contributed by atoms with Gasteiger partial charge in [0.25, 0.3) is 0 Å². The number of unbranched alkanes of at least 4 members (excludes halogenated alkanes) is 1. The molecule has 0 aliphatic carbocycles. The molecule has 0 radical (unpaired) electrons. The van der Waals surface area contributed by atoms with Gasteiger partial charge in [0, 0.05) is 26.2 Å². The van der Waals surface area contributed by atoms with Gasteiger partial charge in [0.2, 0.25) is 0 Å². The number of nitrogens with zero attached hydrogens (tertiary/aromatic N) is 1. The van der Waals surface area contributed by atoms with Gasteiger partial charge in [0.15, 0.2) is 0 Å². The maximum absolute atomic E-state index is 5.66. The normalized spacial score (nSPS) is 11.6. The van der Waals surface area contributed by atoms with Crippen molar-refractivity contribution in [3.05, 3.63) is 0 Å². The van der Waals surface area contributed by atoms with E-state index < -0.39 is 0 Å². The monoisotopic (exact) mass is 423 g/mol. The van der Waals surface area contributed by atoms with Gasteiger partial charge in [-0.05, 0) is 13.0 Å². The van der Waals surface area contributed by atoms with Crippen LogP contribution in [-0.2, 0) is 28.4 Å². The minimum atomic E-state index is 0.543. The molecule has 0 rings (SSSR count). The van der Waals surface area contributed by atoms with Crippen molar-refractivity contribution in [3.63, 3.8) is 0 Å². The molecule has 9 heteroatoms. The number of nitrogens with two attached hydrogens (primary N) is 2. The van der Waals surface area contributed by atoms with Crippen molar-refractivity contribution in [2.75, 3.05) is 112 Å². The Bertz CT molecular complexity index is 279. The lowest BCUT2D eigenvalue weighted by Gasteiger charge is -2.22. The van der Waals surface area contributed by atoms with Crippen molar-refractivity contribution in [2.45, 2.75) is 19.8 Å². The highest BCUT2D eigenvalue weighted by atomic mass is 16.5. The molecule has 0 bridgehead atoms. The first kappa shape index (κ1) is 28.6. The molecule has 0 aromatic heterocycles. The van der Waals surface area contributed by atoms with Gasteiger partial charge < -0.3 is 39.9 Å². The molecule has 0 amide bonds. The van der Waals surface area contributed by atoms with Gasteiger partial charge >= 0.3 is 0 Å². The smallest absolute Gasteiger partial charge is 0.0701 e. The fourth-order valence-electron chi connectivity index (χ4n) is 2.35. The molecule has 29 heavy (non-hydrogen) atoms. The Balaban J connectivity index is 3.52. The van der Waals surface area contributed by atoms with Crippen LogP contribution in [0.15, 0.2) is 0 Å². The highest BCUT2D eigenvalue weighted by molar-refractivity contribution is 4.57. The van der Waals surface area contributed by atoms with E-state index in [-0.39, 0.29) is 0 Å². The molecule has 0 aliphatic heterocycles. The second kappa shape index (κ2) is 25.7. The summed E-state index contributed by atoms with van der Waals surface area (Å²) in [5.74, 6) is 0. The number of hydrogen-bond donors (Lipinski definition) is 2. The molecule has 0 fully saturated rings. The molecule has 0 saturated heterocycles. The van der Waals surface area contributed by atoms with Crippen molar-refractivity contribution < 1.29 is 28.4 Å². The largest absolute Gasteiger partial charge is 0.378 e. The summed E-state index contributed by atoms with van der Waals surface area (Å²) in [5.41, 5.74) is 10.7. The first-order valence-corrected chi connectivity index (χ1v) is 10.9. The average Bonchev–Trinajstić information content (AvgIpc) is 2.74. The number of hydrogen-bond acceptors (Lipinski definition) is 9. The van der Waals surface area contributed by atoms with Crippen LogP contribution in [0.4, 0.5) is 0 Å². The first-order valence-electron chi connectivity index (χ1n) is 10.9. The van der Waals surface area contributed by atoms with E-state index in [0.717, 1.165) is 19.6 Å². The molecule has 0 spiro atoms. The van der Waals surface area contributed by atoms with Gasteiger partial charge in [0.05, 0.1) is 79.3 Å². The lowest BCUT2D eigenvalue weighted by Crippen LogP contribution is -2.32. The summed E-state index contributed by atoms with van der Waals surface area (Å²) in [6, 6.07) is 0. The minimum Gasteiger partial charge on any atom is -0.378 e. The Morgan fingerprint density at radius 1 is 0.483 bits per heavy atom. The van der Waals surface area contributed by atoms with E-state index in [1.54, 1.807) is 0 Å². The van der Waals surface area contributed by atoms with Crippen LogP contribution in [0.2, 0.25) is 0 Å². The van der Waals surface area contributed by atoms with Gasteiger partial charge in [0.1, 0.15) is 0 Å². The van der Waals surface area contributed by atoms with Gasteiger partial charge in [-0.2, -0.15) is 0 Å². The molecule has 4 N–H and O–H groups in total. The highest BCUT2D eigenvalue weighted by Crippen LogP contribution is 1.96. The van der Waals surface area contributed by atoms with Crippen molar-refractivity contribution >= 4 is 0 Å². The molecular weight excluding hydrogens is 378 g/mol. The Morgan fingerprint density at radius 3 is 1.17 bits per heavy atom. The van der Waals surface area contributed by atoms with Gasteiger partial charge in [-0.25, -0.2) is 0 Å². The Morgan fingerprint density at radius 2 is 0.828 bits per heavy atom.